The van der Waals surface area contributed by atoms with Gasteiger partial charge in [-0.2, -0.15) is 0 Å². The SMILES string of the molecule is O=C(c1ccon1)N1CCN2C(=O)c3ccncc3C12c1ccc(Cl)cc1. The van der Waals surface area contributed by atoms with Crippen LogP contribution in [0.25, 0.3) is 0 Å². The van der Waals surface area contributed by atoms with Gasteiger partial charge in [0.25, 0.3) is 11.8 Å². The number of nitrogens with zero attached hydrogens (tertiary/aromatic N) is 4. The highest BCUT2D eigenvalue weighted by Gasteiger charge is 2.60. The maximum Gasteiger partial charge on any atom is 0.278 e. The number of halogens is 1. The number of rotatable bonds is 2. The molecule has 0 saturated carbocycles. The van der Waals surface area contributed by atoms with E-state index in [9.17, 15) is 9.59 Å². The molecule has 3 aromatic rings. The Hall–Kier alpha value is -3.19. The van der Waals surface area contributed by atoms with Crippen LogP contribution in [0.15, 0.2) is 59.6 Å². The molecule has 0 N–H and O–H groups in total. The Morgan fingerprint density at radius 2 is 1.96 bits per heavy atom. The molecule has 0 aliphatic carbocycles. The number of pyridine rings is 1. The predicted octanol–water partition coefficient (Wildman–Crippen LogP) is 2.54. The summed E-state index contributed by atoms with van der Waals surface area (Å²) in [6.07, 6.45) is 4.58. The summed E-state index contributed by atoms with van der Waals surface area (Å²) < 4.78 is 4.84. The molecule has 0 radical (unpaired) electrons. The van der Waals surface area contributed by atoms with Crippen LogP contribution in [0.1, 0.15) is 32.0 Å². The molecule has 1 saturated heterocycles. The fourth-order valence-electron chi connectivity index (χ4n) is 4.07. The third-order valence-corrected chi connectivity index (χ3v) is 5.40. The van der Waals surface area contributed by atoms with Crippen LogP contribution in [0.5, 0.6) is 0 Å². The largest absolute Gasteiger partial charge is 0.364 e. The van der Waals surface area contributed by atoms with Crippen molar-refractivity contribution in [3.8, 4) is 0 Å². The first kappa shape index (κ1) is 16.0. The zero-order valence-corrected chi connectivity index (χ0v) is 14.8. The predicted molar refractivity (Wildman–Crippen MR) is 95.0 cm³/mol. The lowest BCUT2D eigenvalue weighted by Crippen LogP contribution is -2.51. The number of hydrogen-bond acceptors (Lipinski definition) is 5. The van der Waals surface area contributed by atoms with Crippen LogP contribution in [-0.4, -0.2) is 44.8 Å². The van der Waals surface area contributed by atoms with Crippen molar-refractivity contribution >= 4 is 23.4 Å². The topological polar surface area (TPSA) is 79.5 Å². The van der Waals surface area contributed by atoms with Gasteiger partial charge >= 0.3 is 0 Å². The average molecular weight is 381 g/mol. The van der Waals surface area contributed by atoms with Gasteiger partial charge in [-0.15, -0.1) is 0 Å². The first-order chi connectivity index (χ1) is 13.1. The second-order valence-electron chi connectivity index (χ2n) is 6.40. The number of carbonyl (C=O) groups is 2. The van der Waals surface area contributed by atoms with E-state index in [2.05, 4.69) is 10.1 Å². The zero-order valence-electron chi connectivity index (χ0n) is 14.0. The van der Waals surface area contributed by atoms with Crippen molar-refractivity contribution in [1.82, 2.24) is 19.9 Å². The van der Waals surface area contributed by atoms with Crippen molar-refractivity contribution in [1.29, 1.82) is 0 Å². The van der Waals surface area contributed by atoms with Crippen LogP contribution in [0.4, 0.5) is 0 Å². The standard InChI is InChI=1S/C19H13ClN4O3/c20-13-3-1-12(2-4-13)19-15-11-21-7-5-14(15)17(25)23(19)8-9-24(19)18(26)16-6-10-27-22-16/h1-7,10-11H,8-9H2. The molecule has 0 spiro atoms. The molecule has 1 aromatic carbocycles. The van der Waals surface area contributed by atoms with Gasteiger partial charge in [-0.25, -0.2) is 0 Å². The van der Waals surface area contributed by atoms with Crippen LogP contribution < -0.4 is 0 Å². The number of carbonyl (C=O) groups excluding carboxylic acids is 2. The van der Waals surface area contributed by atoms with E-state index in [1.54, 1.807) is 40.4 Å². The van der Waals surface area contributed by atoms with Crippen molar-refractivity contribution in [2.45, 2.75) is 5.66 Å². The highest BCUT2D eigenvalue weighted by atomic mass is 35.5. The first-order valence-corrected chi connectivity index (χ1v) is 8.76. The van der Waals surface area contributed by atoms with Crippen molar-refractivity contribution < 1.29 is 14.1 Å². The molecule has 134 valence electrons. The highest BCUT2D eigenvalue weighted by Crippen LogP contribution is 2.49. The van der Waals surface area contributed by atoms with Crippen LogP contribution in [0.2, 0.25) is 5.02 Å². The molecule has 2 amide bonds. The minimum Gasteiger partial charge on any atom is -0.364 e. The molecular formula is C19H13ClN4O3. The van der Waals surface area contributed by atoms with Gasteiger partial charge in [0.15, 0.2) is 11.4 Å². The van der Waals surface area contributed by atoms with E-state index in [1.807, 2.05) is 12.1 Å². The Bertz CT molecular complexity index is 1050. The third-order valence-electron chi connectivity index (χ3n) is 5.15. The Kier molecular flexibility index (Phi) is 3.35. The van der Waals surface area contributed by atoms with E-state index in [0.717, 1.165) is 5.56 Å². The number of fused-ring (bicyclic) bond motifs is 3. The number of aromatic nitrogens is 2. The summed E-state index contributed by atoms with van der Waals surface area (Å²) in [7, 11) is 0. The molecule has 7 nitrogen and oxygen atoms in total. The van der Waals surface area contributed by atoms with Crippen molar-refractivity contribution in [2.75, 3.05) is 13.1 Å². The maximum atomic E-state index is 13.2. The van der Waals surface area contributed by atoms with Gasteiger partial charge in [-0.1, -0.05) is 28.9 Å². The van der Waals surface area contributed by atoms with Gasteiger partial charge in [-0.05, 0) is 18.2 Å². The van der Waals surface area contributed by atoms with E-state index in [4.69, 9.17) is 16.1 Å². The van der Waals surface area contributed by atoms with Gasteiger partial charge in [0.2, 0.25) is 0 Å². The van der Waals surface area contributed by atoms with E-state index in [0.29, 0.717) is 29.2 Å². The van der Waals surface area contributed by atoms with Crippen LogP contribution in [0, 0.1) is 0 Å². The Morgan fingerprint density at radius 3 is 2.70 bits per heavy atom. The molecule has 0 bridgehead atoms. The molecule has 1 fully saturated rings. The Balaban J connectivity index is 1.78. The molecule has 2 aromatic heterocycles. The van der Waals surface area contributed by atoms with Crippen LogP contribution in [-0.2, 0) is 5.66 Å². The summed E-state index contributed by atoms with van der Waals surface area (Å²) in [4.78, 5) is 33.9. The minimum absolute atomic E-state index is 0.127. The lowest BCUT2D eigenvalue weighted by Gasteiger charge is -2.39. The second-order valence-corrected chi connectivity index (χ2v) is 6.84. The van der Waals surface area contributed by atoms with Gasteiger partial charge in [-0.3, -0.25) is 14.6 Å². The summed E-state index contributed by atoms with van der Waals surface area (Å²) in [5.41, 5.74) is 1.09. The van der Waals surface area contributed by atoms with Crippen molar-refractivity contribution in [2.24, 2.45) is 0 Å². The lowest BCUT2D eigenvalue weighted by atomic mass is 9.91. The first-order valence-electron chi connectivity index (χ1n) is 8.39. The van der Waals surface area contributed by atoms with Crippen molar-refractivity contribution in [3.05, 3.63) is 82.5 Å². The minimum atomic E-state index is -1.08. The number of amides is 2. The summed E-state index contributed by atoms with van der Waals surface area (Å²) in [5, 5.41) is 4.36. The maximum absolute atomic E-state index is 13.2. The van der Waals surface area contributed by atoms with E-state index in [1.165, 1.54) is 12.3 Å². The van der Waals surface area contributed by atoms with Crippen LogP contribution >= 0.6 is 11.6 Å². The molecule has 1 atom stereocenters. The fraction of sp³-hybridized carbons (Fsp3) is 0.158. The van der Waals surface area contributed by atoms with Crippen LogP contribution in [0.3, 0.4) is 0 Å². The summed E-state index contributed by atoms with van der Waals surface area (Å²) in [6.45, 7) is 0.772. The summed E-state index contributed by atoms with van der Waals surface area (Å²) in [6, 6.07) is 10.4. The van der Waals surface area contributed by atoms with E-state index < -0.39 is 5.66 Å². The molecule has 2 aliphatic rings. The Labute approximate surface area is 159 Å². The molecule has 2 aliphatic heterocycles. The highest BCUT2D eigenvalue weighted by molar-refractivity contribution is 6.30. The smallest absolute Gasteiger partial charge is 0.278 e. The van der Waals surface area contributed by atoms with Gasteiger partial charge in [0.1, 0.15) is 6.26 Å². The molecule has 8 heteroatoms. The second kappa shape index (κ2) is 5.65. The normalized spacial score (nSPS) is 20.7. The average Bonchev–Trinajstić information content (AvgIpc) is 3.40. The number of hydrogen-bond donors (Lipinski definition) is 0. The summed E-state index contributed by atoms with van der Waals surface area (Å²) >= 11 is 6.07. The Morgan fingerprint density at radius 1 is 1.15 bits per heavy atom. The molecule has 1 unspecified atom stereocenters. The molecule has 5 rings (SSSR count). The number of benzene rings is 1. The van der Waals surface area contributed by atoms with Gasteiger partial charge < -0.3 is 14.3 Å². The fourth-order valence-corrected chi connectivity index (χ4v) is 4.20. The molecule has 27 heavy (non-hydrogen) atoms. The van der Waals surface area contributed by atoms with E-state index in [-0.39, 0.29) is 17.5 Å². The molecular weight excluding hydrogens is 368 g/mol. The monoisotopic (exact) mass is 380 g/mol. The van der Waals surface area contributed by atoms with Crippen molar-refractivity contribution in [3.63, 3.8) is 0 Å². The lowest BCUT2D eigenvalue weighted by molar-refractivity contribution is 0.0368. The van der Waals surface area contributed by atoms with E-state index >= 15 is 0 Å². The van der Waals surface area contributed by atoms with Gasteiger partial charge in [0, 0.05) is 47.7 Å². The quantitative estimate of drug-likeness (QED) is 0.682. The third kappa shape index (κ3) is 2.03. The summed E-state index contributed by atoms with van der Waals surface area (Å²) in [5.74, 6) is -0.441. The molecule has 4 heterocycles. The zero-order chi connectivity index (χ0) is 18.6. The van der Waals surface area contributed by atoms with Gasteiger partial charge in [0.05, 0.1) is 5.56 Å².